The number of para-hydroxylation sites is 1. The largest absolute Gasteiger partial charge is 0.496 e. The Kier molecular flexibility index (Phi) is 3.56. The SMILES string of the molecule is COc1ccccc1C(=O)N1Cc2cc3c(cc2CC1C)OCO3. The van der Waals surface area contributed by atoms with Crippen LogP contribution in [0.3, 0.4) is 0 Å². The van der Waals surface area contributed by atoms with Crippen LogP contribution in [-0.2, 0) is 13.0 Å². The van der Waals surface area contributed by atoms with Crippen LogP contribution in [0.2, 0.25) is 0 Å². The van der Waals surface area contributed by atoms with Gasteiger partial charge in [0, 0.05) is 12.6 Å². The van der Waals surface area contributed by atoms with Gasteiger partial charge in [-0.05, 0) is 48.7 Å². The molecule has 5 heteroatoms. The fourth-order valence-electron chi connectivity index (χ4n) is 3.38. The van der Waals surface area contributed by atoms with Crippen LogP contribution in [0.4, 0.5) is 0 Å². The molecule has 2 heterocycles. The third kappa shape index (κ3) is 2.37. The van der Waals surface area contributed by atoms with Gasteiger partial charge < -0.3 is 19.1 Å². The quantitative estimate of drug-likeness (QED) is 0.851. The Morgan fingerprint density at radius 3 is 2.62 bits per heavy atom. The predicted octanol–water partition coefficient (Wildman–Crippen LogP) is 3.01. The fraction of sp³-hybridized carbons (Fsp3) is 0.316. The van der Waals surface area contributed by atoms with Crippen LogP contribution in [0.1, 0.15) is 28.4 Å². The van der Waals surface area contributed by atoms with E-state index in [0.29, 0.717) is 17.9 Å². The first-order valence-electron chi connectivity index (χ1n) is 8.02. The van der Waals surface area contributed by atoms with Crippen molar-refractivity contribution >= 4 is 5.91 Å². The van der Waals surface area contributed by atoms with Gasteiger partial charge in [-0.1, -0.05) is 12.1 Å². The summed E-state index contributed by atoms with van der Waals surface area (Å²) in [5.74, 6) is 2.15. The van der Waals surface area contributed by atoms with Gasteiger partial charge in [-0.2, -0.15) is 0 Å². The van der Waals surface area contributed by atoms with Crippen LogP contribution in [-0.4, -0.2) is 30.8 Å². The lowest BCUT2D eigenvalue weighted by atomic mass is 9.93. The monoisotopic (exact) mass is 325 g/mol. The number of carbonyl (C=O) groups excluding carboxylic acids is 1. The van der Waals surface area contributed by atoms with Crippen molar-refractivity contribution in [3.63, 3.8) is 0 Å². The molecule has 0 aromatic heterocycles. The number of rotatable bonds is 2. The number of nitrogens with zero attached hydrogens (tertiary/aromatic N) is 1. The predicted molar refractivity (Wildman–Crippen MR) is 88.6 cm³/mol. The molecule has 0 radical (unpaired) electrons. The van der Waals surface area contributed by atoms with E-state index in [0.717, 1.165) is 23.5 Å². The smallest absolute Gasteiger partial charge is 0.258 e. The Balaban J connectivity index is 1.66. The van der Waals surface area contributed by atoms with Crippen LogP contribution < -0.4 is 14.2 Å². The van der Waals surface area contributed by atoms with Crippen molar-refractivity contribution in [3.8, 4) is 17.2 Å². The summed E-state index contributed by atoms with van der Waals surface area (Å²) in [5.41, 5.74) is 2.92. The number of fused-ring (bicyclic) bond motifs is 2. The molecule has 0 N–H and O–H groups in total. The molecule has 0 aliphatic carbocycles. The molecule has 1 amide bonds. The van der Waals surface area contributed by atoms with Crippen LogP contribution in [0.25, 0.3) is 0 Å². The highest BCUT2D eigenvalue weighted by Crippen LogP contribution is 2.38. The number of carbonyl (C=O) groups is 1. The second-order valence-corrected chi connectivity index (χ2v) is 6.16. The van der Waals surface area contributed by atoms with Crippen molar-refractivity contribution < 1.29 is 19.0 Å². The Hall–Kier alpha value is -2.69. The molecular formula is C19H19NO4. The van der Waals surface area contributed by atoms with Crippen LogP contribution in [0, 0.1) is 0 Å². The molecular weight excluding hydrogens is 306 g/mol. The molecule has 5 nitrogen and oxygen atoms in total. The molecule has 0 saturated heterocycles. The third-order valence-electron chi connectivity index (χ3n) is 4.68. The zero-order chi connectivity index (χ0) is 16.7. The molecule has 2 aliphatic rings. The van der Waals surface area contributed by atoms with Gasteiger partial charge in [-0.15, -0.1) is 0 Å². The van der Waals surface area contributed by atoms with E-state index in [1.165, 1.54) is 5.56 Å². The minimum absolute atomic E-state index is 0.0109. The first kappa shape index (κ1) is 14.9. The van der Waals surface area contributed by atoms with Gasteiger partial charge in [0.2, 0.25) is 6.79 Å². The van der Waals surface area contributed by atoms with E-state index in [2.05, 4.69) is 6.92 Å². The summed E-state index contributed by atoms with van der Waals surface area (Å²) >= 11 is 0. The Morgan fingerprint density at radius 2 is 1.88 bits per heavy atom. The minimum Gasteiger partial charge on any atom is -0.496 e. The van der Waals surface area contributed by atoms with E-state index < -0.39 is 0 Å². The zero-order valence-corrected chi connectivity index (χ0v) is 13.7. The molecule has 2 aromatic rings. The molecule has 1 atom stereocenters. The number of hydrogen-bond acceptors (Lipinski definition) is 4. The highest BCUT2D eigenvalue weighted by Gasteiger charge is 2.30. The summed E-state index contributed by atoms with van der Waals surface area (Å²) in [6.07, 6.45) is 0.798. The molecule has 2 aliphatic heterocycles. The summed E-state index contributed by atoms with van der Waals surface area (Å²) in [5, 5.41) is 0. The summed E-state index contributed by atoms with van der Waals surface area (Å²) < 4.78 is 16.3. The number of benzene rings is 2. The summed E-state index contributed by atoms with van der Waals surface area (Å²) in [6.45, 7) is 2.89. The number of amides is 1. The average Bonchev–Trinajstić information content (AvgIpc) is 3.05. The first-order chi connectivity index (χ1) is 11.7. The van der Waals surface area contributed by atoms with Crippen molar-refractivity contribution in [2.45, 2.75) is 25.9 Å². The lowest BCUT2D eigenvalue weighted by Crippen LogP contribution is -2.42. The number of ether oxygens (including phenoxy) is 3. The van der Waals surface area contributed by atoms with Gasteiger partial charge in [0.05, 0.1) is 12.7 Å². The van der Waals surface area contributed by atoms with E-state index in [1.54, 1.807) is 7.11 Å². The van der Waals surface area contributed by atoms with Crippen molar-refractivity contribution in [1.29, 1.82) is 0 Å². The van der Waals surface area contributed by atoms with Crippen molar-refractivity contribution in [2.24, 2.45) is 0 Å². The zero-order valence-electron chi connectivity index (χ0n) is 13.7. The maximum atomic E-state index is 13.0. The fourth-order valence-corrected chi connectivity index (χ4v) is 3.38. The second kappa shape index (κ2) is 5.74. The molecule has 0 bridgehead atoms. The van der Waals surface area contributed by atoms with Gasteiger partial charge in [-0.25, -0.2) is 0 Å². The summed E-state index contributed by atoms with van der Waals surface area (Å²) in [6, 6.07) is 11.5. The van der Waals surface area contributed by atoms with E-state index in [1.807, 2.05) is 41.3 Å². The van der Waals surface area contributed by atoms with Crippen molar-refractivity contribution in [2.75, 3.05) is 13.9 Å². The van der Waals surface area contributed by atoms with E-state index in [9.17, 15) is 4.79 Å². The molecule has 24 heavy (non-hydrogen) atoms. The Labute approximate surface area is 140 Å². The van der Waals surface area contributed by atoms with E-state index in [-0.39, 0.29) is 18.7 Å². The minimum atomic E-state index is -0.0109. The molecule has 0 spiro atoms. The summed E-state index contributed by atoms with van der Waals surface area (Å²) in [7, 11) is 1.59. The normalized spacial score (nSPS) is 18.2. The van der Waals surface area contributed by atoms with Gasteiger partial charge in [0.1, 0.15) is 5.75 Å². The molecule has 0 saturated carbocycles. The maximum absolute atomic E-state index is 13.0. The molecule has 4 rings (SSSR count). The van der Waals surface area contributed by atoms with Gasteiger partial charge in [0.15, 0.2) is 11.5 Å². The van der Waals surface area contributed by atoms with Gasteiger partial charge in [-0.3, -0.25) is 4.79 Å². The van der Waals surface area contributed by atoms with Crippen LogP contribution >= 0.6 is 0 Å². The van der Waals surface area contributed by atoms with Crippen LogP contribution in [0.15, 0.2) is 36.4 Å². The number of methoxy groups -OCH3 is 1. The van der Waals surface area contributed by atoms with Gasteiger partial charge >= 0.3 is 0 Å². The van der Waals surface area contributed by atoms with Gasteiger partial charge in [0.25, 0.3) is 5.91 Å². The first-order valence-corrected chi connectivity index (χ1v) is 8.02. The topological polar surface area (TPSA) is 48.0 Å². The lowest BCUT2D eigenvalue weighted by Gasteiger charge is -2.35. The highest BCUT2D eigenvalue weighted by molar-refractivity contribution is 5.97. The second-order valence-electron chi connectivity index (χ2n) is 6.16. The van der Waals surface area contributed by atoms with E-state index >= 15 is 0 Å². The average molecular weight is 325 g/mol. The summed E-state index contributed by atoms with van der Waals surface area (Å²) in [4.78, 5) is 14.9. The Bertz CT molecular complexity index is 802. The van der Waals surface area contributed by atoms with Crippen LogP contribution in [0.5, 0.6) is 17.2 Å². The third-order valence-corrected chi connectivity index (χ3v) is 4.68. The number of hydrogen-bond donors (Lipinski definition) is 0. The highest BCUT2D eigenvalue weighted by atomic mass is 16.7. The van der Waals surface area contributed by atoms with Crippen molar-refractivity contribution in [3.05, 3.63) is 53.1 Å². The molecule has 124 valence electrons. The Morgan fingerprint density at radius 1 is 1.17 bits per heavy atom. The maximum Gasteiger partial charge on any atom is 0.258 e. The lowest BCUT2D eigenvalue weighted by molar-refractivity contribution is 0.0654. The molecule has 0 fully saturated rings. The molecule has 2 aromatic carbocycles. The van der Waals surface area contributed by atoms with Crippen molar-refractivity contribution in [1.82, 2.24) is 4.90 Å². The molecule has 1 unspecified atom stereocenters. The standard InChI is InChI=1S/C19H19NO4/c1-12-7-13-8-17-18(24-11-23-17)9-14(13)10-20(12)19(21)15-5-3-4-6-16(15)22-2/h3-6,8-9,12H,7,10-11H2,1-2H3. The van der Waals surface area contributed by atoms with E-state index in [4.69, 9.17) is 14.2 Å².